The van der Waals surface area contributed by atoms with Crippen LogP contribution in [0.2, 0.25) is 0 Å². The van der Waals surface area contributed by atoms with E-state index in [1.165, 1.54) is 5.57 Å². The molecule has 0 aliphatic heterocycles. The standard InChI is InChI=1S/C33H46N2O5/c1-28(2)11-13-33(27(38)35(7)8)14-12-31(5)25(21(33)17-28)22(37)15-24-29(3)16-20-18-34-40-26(20)32(6,39-19-36)23(29)9-10-30(24,31)4/h15,18-19,21,23,25H,9-14,16-17H2,1-8H3/t21-,23+,25-,29-,30+,31+,32-,33-/m0/s1. The fraction of sp³-hybridized carbons (Fsp3) is 0.758. The third kappa shape index (κ3) is 3.24. The van der Waals surface area contributed by atoms with Gasteiger partial charge in [0.05, 0.1) is 11.6 Å². The number of hydrogen-bond acceptors (Lipinski definition) is 6. The van der Waals surface area contributed by atoms with E-state index >= 15 is 0 Å². The number of carbonyl (C=O) groups excluding carboxylic acids is 3. The summed E-state index contributed by atoms with van der Waals surface area (Å²) < 4.78 is 11.5. The minimum atomic E-state index is -0.948. The Morgan fingerprint density at radius 3 is 2.45 bits per heavy atom. The van der Waals surface area contributed by atoms with E-state index in [-0.39, 0.29) is 45.7 Å². The molecule has 8 atom stereocenters. The molecule has 1 aromatic rings. The summed E-state index contributed by atoms with van der Waals surface area (Å²) in [6.45, 7) is 14.1. The molecule has 5 aliphatic rings. The van der Waals surface area contributed by atoms with E-state index < -0.39 is 16.4 Å². The van der Waals surface area contributed by atoms with Gasteiger partial charge in [0.1, 0.15) is 0 Å². The van der Waals surface area contributed by atoms with Crippen LogP contribution in [-0.4, -0.2) is 42.3 Å². The average molecular weight is 551 g/mol. The number of ether oxygens (including phenoxy) is 1. The van der Waals surface area contributed by atoms with Crippen molar-refractivity contribution >= 4 is 18.2 Å². The van der Waals surface area contributed by atoms with E-state index in [0.29, 0.717) is 18.7 Å². The third-order valence-corrected chi connectivity index (χ3v) is 13.1. The lowest BCUT2D eigenvalue weighted by Crippen LogP contribution is -2.67. The highest BCUT2D eigenvalue weighted by molar-refractivity contribution is 5.96. The number of rotatable bonds is 3. The van der Waals surface area contributed by atoms with Gasteiger partial charge in [0.2, 0.25) is 5.91 Å². The van der Waals surface area contributed by atoms with Gasteiger partial charge in [0.25, 0.3) is 6.47 Å². The number of carbonyl (C=O) groups is 3. The summed E-state index contributed by atoms with van der Waals surface area (Å²) in [7, 11) is 3.73. The molecule has 0 saturated heterocycles. The Kier molecular flexibility index (Phi) is 5.76. The molecule has 0 bridgehead atoms. The van der Waals surface area contributed by atoms with Gasteiger partial charge in [0.15, 0.2) is 17.1 Å². The molecule has 40 heavy (non-hydrogen) atoms. The second-order valence-corrected chi connectivity index (χ2v) is 15.7. The van der Waals surface area contributed by atoms with Crippen molar-refractivity contribution in [2.24, 2.45) is 44.8 Å². The van der Waals surface area contributed by atoms with Crippen LogP contribution in [0.3, 0.4) is 0 Å². The first kappa shape index (κ1) is 27.7. The van der Waals surface area contributed by atoms with Crippen LogP contribution in [-0.2, 0) is 31.1 Å². The topological polar surface area (TPSA) is 89.7 Å². The van der Waals surface area contributed by atoms with Gasteiger partial charge in [-0.3, -0.25) is 14.4 Å². The first-order chi connectivity index (χ1) is 18.6. The van der Waals surface area contributed by atoms with Gasteiger partial charge in [-0.1, -0.05) is 45.3 Å². The van der Waals surface area contributed by atoms with Crippen molar-refractivity contribution in [1.82, 2.24) is 10.1 Å². The molecule has 0 N–H and O–H groups in total. The molecular weight excluding hydrogens is 504 g/mol. The quantitative estimate of drug-likeness (QED) is 0.438. The number of allylic oxidation sites excluding steroid dienone is 2. The summed E-state index contributed by atoms with van der Waals surface area (Å²) in [6.07, 6.45) is 10.6. The van der Waals surface area contributed by atoms with Gasteiger partial charge in [-0.15, -0.1) is 0 Å². The Morgan fingerprint density at radius 2 is 1.77 bits per heavy atom. The van der Waals surface area contributed by atoms with Crippen LogP contribution >= 0.6 is 0 Å². The maximum absolute atomic E-state index is 14.6. The molecule has 0 aromatic carbocycles. The van der Waals surface area contributed by atoms with Crippen molar-refractivity contribution in [3.63, 3.8) is 0 Å². The van der Waals surface area contributed by atoms with Gasteiger partial charge in [-0.25, -0.2) is 0 Å². The number of aromatic nitrogens is 1. The second-order valence-electron chi connectivity index (χ2n) is 15.7. The van der Waals surface area contributed by atoms with Crippen LogP contribution in [0.25, 0.3) is 0 Å². The van der Waals surface area contributed by atoms with Crippen LogP contribution in [0.5, 0.6) is 0 Å². The Morgan fingerprint density at radius 1 is 1.07 bits per heavy atom. The van der Waals surface area contributed by atoms with Crippen molar-refractivity contribution < 1.29 is 23.6 Å². The molecule has 0 spiro atoms. The Balaban J connectivity index is 1.51. The number of nitrogens with zero attached hydrogens (tertiary/aromatic N) is 2. The number of ketones is 1. The Bertz CT molecular complexity index is 1310. The summed E-state index contributed by atoms with van der Waals surface area (Å²) in [5.41, 5.74) is -0.0784. The van der Waals surface area contributed by atoms with E-state index in [4.69, 9.17) is 9.26 Å². The first-order valence-electron chi connectivity index (χ1n) is 15.1. The molecule has 218 valence electrons. The molecule has 7 heteroatoms. The van der Waals surface area contributed by atoms with E-state index in [0.717, 1.165) is 50.5 Å². The van der Waals surface area contributed by atoms with Gasteiger partial charge in [-0.05, 0) is 86.5 Å². The van der Waals surface area contributed by atoms with Gasteiger partial charge in [0, 0.05) is 36.9 Å². The molecule has 6 rings (SSSR count). The zero-order valence-electron chi connectivity index (χ0n) is 25.6. The monoisotopic (exact) mass is 550 g/mol. The fourth-order valence-electron chi connectivity index (χ4n) is 11.0. The number of hydrogen-bond donors (Lipinski definition) is 0. The highest BCUT2D eigenvalue weighted by atomic mass is 16.6. The Labute approximate surface area is 238 Å². The molecule has 0 radical (unpaired) electrons. The highest BCUT2D eigenvalue weighted by Crippen LogP contribution is 2.75. The maximum Gasteiger partial charge on any atom is 0.294 e. The van der Waals surface area contributed by atoms with E-state index in [1.54, 1.807) is 11.1 Å². The summed E-state index contributed by atoms with van der Waals surface area (Å²) in [5.74, 6) is 0.816. The van der Waals surface area contributed by atoms with Crippen LogP contribution in [0.4, 0.5) is 0 Å². The molecule has 1 aromatic heterocycles. The number of amides is 1. The molecule has 3 saturated carbocycles. The van der Waals surface area contributed by atoms with Crippen molar-refractivity contribution in [3.8, 4) is 0 Å². The minimum Gasteiger partial charge on any atom is -0.453 e. The SMILES string of the molecule is CN(C)C(=O)[C@]12CCC(C)(C)C[C@H]1[C@H]1C(=O)C=C3[C@@]4(C)Cc5cnoc5[C@@](C)(OC=O)[C@@H]4CC[C@@]3(C)[C@]1(C)CC2. The molecule has 5 aliphatic carbocycles. The third-order valence-electron chi connectivity index (χ3n) is 13.1. The van der Waals surface area contributed by atoms with Gasteiger partial charge in [-0.2, -0.15) is 0 Å². The molecular formula is C33H46N2O5. The summed E-state index contributed by atoms with van der Waals surface area (Å²) >= 11 is 0. The average Bonchev–Trinajstić information content (AvgIpc) is 3.34. The molecule has 7 nitrogen and oxygen atoms in total. The first-order valence-corrected chi connectivity index (χ1v) is 15.1. The van der Waals surface area contributed by atoms with Crippen LogP contribution in [0, 0.1) is 44.8 Å². The van der Waals surface area contributed by atoms with E-state index in [1.807, 2.05) is 27.1 Å². The summed E-state index contributed by atoms with van der Waals surface area (Å²) in [5, 5.41) is 4.09. The van der Waals surface area contributed by atoms with E-state index in [2.05, 4.69) is 39.8 Å². The fourth-order valence-corrected chi connectivity index (χ4v) is 11.0. The van der Waals surface area contributed by atoms with Gasteiger partial charge < -0.3 is 14.2 Å². The minimum absolute atomic E-state index is 0.0252. The second kappa shape index (κ2) is 8.32. The van der Waals surface area contributed by atoms with Gasteiger partial charge >= 0.3 is 0 Å². The lowest BCUT2D eigenvalue weighted by atomic mass is 9.34. The molecule has 0 unspecified atom stereocenters. The zero-order valence-corrected chi connectivity index (χ0v) is 25.6. The molecule has 1 amide bonds. The lowest BCUT2D eigenvalue weighted by Gasteiger charge is -2.69. The van der Waals surface area contributed by atoms with Crippen molar-refractivity contribution in [2.45, 2.75) is 98.5 Å². The largest absolute Gasteiger partial charge is 0.453 e. The van der Waals surface area contributed by atoms with E-state index in [9.17, 15) is 14.4 Å². The summed E-state index contributed by atoms with van der Waals surface area (Å²) in [6, 6.07) is 0. The predicted octanol–water partition coefficient (Wildman–Crippen LogP) is 5.87. The predicted molar refractivity (Wildman–Crippen MR) is 150 cm³/mol. The highest BCUT2D eigenvalue weighted by Gasteiger charge is 2.71. The van der Waals surface area contributed by atoms with Crippen molar-refractivity contribution in [2.75, 3.05) is 14.1 Å². The van der Waals surface area contributed by atoms with Crippen LogP contribution < -0.4 is 0 Å². The number of fused-ring (bicyclic) bond motifs is 8. The van der Waals surface area contributed by atoms with Crippen LogP contribution in [0.15, 0.2) is 22.4 Å². The van der Waals surface area contributed by atoms with Crippen LogP contribution in [0.1, 0.15) is 97.8 Å². The van der Waals surface area contributed by atoms with Crippen molar-refractivity contribution in [1.29, 1.82) is 0 Å². The normalized spacial score (nSPS) is 45.0. The molecule has 1 heterocycles. The lowest BCUT2D eigenvalue weighted by molar-refractivity contribution is -0.192. The Hall–Kier alpha value is -2.44. The maximum atomic E-state index is 14.6. The zero-order chi connectivity index (χ0) is 29.1. The smallest absolute Gasteiger partial charge is 0.294 e. The molecule has 3 fully saturated rings. The van der Waals surface area contributed by atoms with Crippen molar-refractivity contribution in [3.05, 3.63) is 29.2 Å². The summed E-state index contributed by atoms with van der Waals surface area (Å²) in [4.78, 5) is 42.1.